The first-order valence-electron chi connectivity index (χ1n) is 6.72. The van der Waals surface area contributed by atoms with Crippen LogP contribution in [-0.2, 0) is 10.0 Å². The Morgan fingerprint density at radius 3 is 2.55 bits per heavy atom. The van der Waals surface area contributed by atoms with Gasteiger partial charge in [-0.05, 0) is 55.5 Å². The molecule has 0 heterocycles. The van der Waals surface area contributed by atoms with E-state index in [1.165, 1.54) is 18.6 Å². The van der Waals surface area contributed by atoms with Crippen molar-refractivity contribution < 1.29 is 8.42 Å². The molecule has 0 bridgehead atoms. The Bertz CT molecular complexity index is 518. The molecular weight excluding hydrogens is 358 g/mol. The van der Waals surface area contributed by atoms with E-state index in [-0.39, 0.29) is 0 Å². The zero-order valence-electron chi connectivity index (χ0n) is 12.0. The summed E-state index contributed by atoms with van der Waals surface area (Å²) in [5.41, 5.74) is 0.921. The fourth-order valence-electron chi connectivity index (χ4n) is 1.80. The predicted molar refractivity (Wildman–Crippen MR) is 90.9 cm³/mol. The number of nitrogens with one attached hydrogen (secondary N) is 1. The number of halogens is 1. The van der Waals surface area contributed by atoms with Gasteiger partial charge in [-0.1, -0.05) is 28.8 Å². The SMILES string of the molecule is CSCCCCCCNS(=O)(=O)c1ccc(Br)c(C)c1. The first-order valence-corrected chi connectivity index (χ1v) is 10.4. The molecule has 6 heteroatoms. The van der Waals surface area contributed by atoms with Crippen molar-refractivity contribution >= 4 is 37.7 Å². The molecule has 0 aliphatic rings. The van der Waals surface area contributed by atoms with Crippen LogP contribution in [0.15, 0.2) is 27.6 Å². The molecule has 1 aromatic rings. The van der Waals surface area contributed by atoms with E-state index in [0.717, 1.165) is 22.9 Å². The average molecular weight is 380 g/mol. The molecule has 0 saturated heterocycles. The van der Waals surface area contributed by atoms with Crippen molar-refractivity contribution in [2.24, 2.45) is 0 Å². The van der Waals surface area contributed by atoms with Gasteiger partial charge in [0.1, 0.15) is 0 Å². The van der Waals surface area contributed by atoms with Crippen molar-refractivity contribution in [1.29, 1.82) is 0 Å². The van der Waals surface area contributed by atoms with Crippen LogP contribution in [-0.4, -0.2) is 27.0 Å². The molecule has 1 rings (SSSR count). The molecule has 1 aromatic carbocycles. The molecule has 114 valence electrons. The maximum Gasteiger partial charge on any atom is 0.240 e. The summed E-state index contributed by atoms with van der Waals surface area (Å²) in [5.74, 6) is 1.18. The third kappa shape index (κ3) is 6.16. The van der Waals surface area contributed by atoms with E-state index in [9.17, 15) is 8.42 Å². The molecule has 0 aliphatic heterocycles. The van der Waals surface area contributed by atoms with Crippen LogP contribution in [0.4, 0.5) is 0 Å². The second-order valence-electron chi connectivity index (χ2n) is 4.72. The van der Waals surface area contributed by atoms with Crippen molar-refractivity contribution in [2.45, 2.75) is 37.5 Å². The number of hydrogen-bond acceptors (Lipinski definition) is 3. The Kier molecular flexibility index (Phi) is 8.17. The van der Waals surface area contributed by atoms with Gasteiger partial charge in [-0.3, -0.25) is 0 Å². The van der Waals surface area contributed by atoms with E-state index in [2.05, 4.69) is 26.9 Å². The molecule has 1 N–H and O–H groups in total. The predicted octanol–water partition coefficient (Wildman–Crippen LogP) is 3.96. The van der Waals surface area contributed by atoms with Gasteiger partial charge in [0.15, 0.2) is 0 Å². The van der Waals surface area contributed by atoms with Gasteiger partial charge in [-0.2, -0.15) is 11.8 Å². The van der Waals surface area contributed by atoms with Crippen LogP contribution < -0.4 is 4.72 Å². The van der Waals surface area contributed by atoms with E-state index in [4.69, 9.17) is 0 Å². The first kappa shape index (κ1) is 18.0. The van der Waals surface area contributed by atoms with Crippen molar-refractivity contribution in [3.05, 3.63) is 28.2 Å². The van der Waals surface area contributed by atoms with Gasteiger partial charge in [-0.25, -0.2) is 13.1 Å². The van der Waals surface area contributed by atoms with Gasteiger partial charge in [0.2, 0.25) is 10.0 Å². The van der Waals surface area contributed by atoms with Gasteiger partial charge in [-0.15, -0.1) is 0 Å². The molecule has 0 aromatic heterocycles. The van der Waals surface area contributed by atoms with Crippen LogP contribution in [0.5, 0.6) is 0 Å². The van der Waals surface area contributed by atoms with Crippen LogP contribution >= 0.6 is 27.7 Å². The molecule has 0 amide bonds. The fourth-order valence-corrected chi connectivity index (χ4v) is 3.70. The van der Waals surface area contributed by atoms with Crippen LogP contribution in [0, 0.1) is 6.92 Å². The van der Waals surface area contributed by atoms with E-state index in [1.54, 1.807) is 18.2 Å². The molecule has 0 saturated carbocycles. The summed E-state index contributed by atoms with van der Waals surface area (Å²) in [4.78, 5) is 0.334. The summed E-state index contributed by atoms with van der Waals surface area (Å²) >= 11 is 5.23. The minimum absolute atomic E-state index is 0.334. The number of aryl methyl sites for hydroxylation is 1. The van der Waals surface area contributed by atoms with Gasteiger partial charge in [0.05, 0.1) is 4.90 Å². The van der Waals surface area contributed by atoms with Crippen molar-refractivity contribution in [3.63, 3.8) is 0 Å². The molecule has 0 spiro atoms. The number of benzene rings is 1. The topological polar surface area (TPSA) is 46.2 Å². The van der Waals surface area contributed by atoms with Gasteiger partial charge < -0.3 is 0 Å². The molecule has 0 radical (unpaired) electrons. The lowest BCUT2D eigenvalue weighted by Crippen LogP contribution is -2.24. The molecule has 3 nitrogen and oxygen atoms in total. The Hall–Kier alpha value is -0.0400. The minimum Gasteiger partial charge on any atom is -0.211 e. The van der Waals surface area contributed by atoms with E-state index < -0.39 is 10.0 Å². The van der Waals surface area contributed by atoms with Crippen LogP contribution in [0.2, 0.25) is 0 Å². The average Bonchev–Trinajstić information content (AvgIpc) is 2.40. The molecular formula is C14H22BrNO2S2. The van der Waals surface area contributed by atoms with E-state index >= 15 is 0 Å². The third-order valence-electron chi connectivity index (χ3n) is 3.01. The highest BCUT2D eigenvalue weighted by Crippen LogP contribution is 2.19. The second-order valence-corrected chi connectivity index (χ2v) is 8.32. The Morgan fingerprint density at radius 1 is 1.20 bits per heavy atom. The summed E-state index contributed by atoms with van der Waals surface area (Å²) in [7, 11) is -3.37. The zero-order valence-corrected chi connectivity index (χ0v) is 15.2. The summed E-state index contributed by atoms with van der Waals surface area (Å²) < 4.78 is 27.8. The smallest absolute Gasteiger partial charge is 0.211 e. The lowest BCUT2D eigenvalue weighted by atomic mass is 10.2. The number of unbranched alkanes of at least 4 members (excludes halogenated alkanes) is 3. The second kappa shape index (κ2) is 9.07. The lowest BCUT2D eigenvalue weighted by Gasteiger charge is -2.08. The molecule has 20 heavy (non-hydrogen) atoms. The number of thioether (sulfide) groups is 1. The van der Waals surface area contributed by atoms with Gasteiger partial charge in [0.25, 0.3) is 0 Å². The molecule has 0 aliphatic carbocycles. The van der Waals surface area contributed by atoms with E-state index in [0.29, 0.717) is 11.4 Å². The van der Waals surface area contributed by atoms with Crippen molar-refractivity contribution in [3.8, 4) is 0 Å². The monoisotopic (exact) mass is 379 g/mol. The van der Waals surface area contributed by atoms with Gasteiger partial charge in [0, 0.05) is 11.0 Å². The maximum absolute atomic E-state index is 12.1. The minimum atomic E-state index is -3.37. The largest absolute Gasteiger partial charge is 0.240 e. The van der Waals surface area contributed by atoms with Crippen molar-refractivity contribution in [1.82, 2.24) is 4.72 Å². The first-order chi connectivity index (χ1) is 9.47. The molecule has 0 fully saturated rings. The van der Waals surface area contributed by atoms with Gasteiger partial charge >= 0.3 is 0 Å². The number of hydrogen-bond donors (Lipinski definition) is 1. The zero-order chi connectivity index (χ0) is 15.0. The highest BCUT2D eigenvalue weighted by atomic mass is 79.9. The quantitative estimate of drug-likeness (QED) is 0.660. The summed E-state index contributed by atoms with van der Waals surface area (Å²) in [5, 5.41) is 0. The number of sulfonamides is 1. The highest BCUT2D eigenvalue weighted by Gasteiger charge is 2.13. The highest BCUT2D eigenvalue weighted by molar-refractivity contribution is 9.10. The summed E-state index contributed by atoms with van der Waals surface area (Å²) in [6.07, 6.45) is 6.44. The number of rotatable bonds is 9. The Morgan fingerprint density at radius 2 is 1.90 bits per heavy atom. The lowest BCUT2D eigenvalue weighted by molar-refractivity contribution is 0.574. The standard InChI is InChI=1S/C14H22BrNO2S2/c1-12-11-13(7-8-14(12)15)20(17,18)16-9-5-3-4-6-10-19-2/h7-8,11,16H,3-6,9-10H2,1-2H3. The normalized spacial score (nSPS) is 11.8. The third-order valence-corrected chi connectivity index (χ3v) is 6.05. The molecule has 0 atom stereocenters. The maximum atomic E-state index is 12.1. The van der Waals surface area contributed by atoms with Crippen molar-refractivity contribution in [2.75, 3.05) is 18.6 Å². The Labute approximate surface area is 135 Å². The van der Waals surface area contributed by atoms with Crippen LogP contribution in [0.25, 0.3) is 0 Å². The fraction of sp³-hybridized carbons (Fsp3) is 0.571. The summed E-state index contributed by atoms with van der Waals surface area (Å²) in [6, 6.07) is 5.08. The van der Waals surface area contributed by atoms with Crippen LogP contribution in [0.3, 0.4) is 0 Å². The summed E-state index contributed by atoms with van der Waals surface area (Å²) in [6.45, 7) is 2.39. The Balaban J connectivity index is 2.40. The van der Waals surface area contributed by atoms with E-state index in [1.807, 2.05) is 18.7 Å². The van der Waals surface area contributed by atoms with Crippen LogP contribution in [0.1, 0.15) is 31.2 Å². The molecule has 0 unspecified atom stereocenters.